The summed E-state index contributed by atoms with van der Waals surface area (Å²) in [4.78, 5) is 0. The van der Waals surface area contributed by atoms with Crippen LogP contribution < -0.4 is 10.5 Å². The van der Waals surface area contributed by atoms with E-state index >= 15 is 0 Å². The van der Waals surface area contributed by atoms with Crippen LogP contribution in [0.3, 0.4) is 0 Å². The average Bonchev–Trinajstić information content (AvgIpc) is 2.76. The van der Waals surface area contributed by atoms with Crippen molar-refractivity contribution in [1.82, 2.24) is 0 Å². The second-order valence-corrected chi connectivity index (χ2v) is 5.87. The number of fused-ring (bicyclic) bond motifs is 1. The van der Waals surface area contributed by atoms with Crippen molar-refractivity contribution in [1.29, 1.82) is 0 Å². The Labute approximate surface area is 140 Å². The van der Waals surface area contributed by atoms with Crippen molar-refractivity contribution in [3.8, 4) is 5.75 Å². The van der Waals surface area contributed by atoms with Gasteiger partial charge < -0.3 is 10.5 Å². The van der Waals surface area contributed by atoms with Crippen LogP contribution in [-0.4, -0.2) is 12.6 Å². The molecule has 0 heterocycles. The predicted molar refractivity (Wildman–Crippen MR) is 90.1 cm³/mol. The molecule has 0 saturated heterocycles. The van der Waals surface area contributed by atoms with E-state index in [2.05, 4.69) is 12.1 Å². The topological polar surface area (TPSA) is 35.2 Å². The van der Waals surface area contributed by atoms with Crippen molar-refractivity contribution >= 4 is 35.6 Å². The van der Waals surface area contributed by atoms with E-state index in [0.29, 0.717) is 16.7 Å². The standard InChI is InChI=1S/C16H15Cl2NO.ClH/c17-14-6-5-11(8-15(14)18)20-9-13-12-4-2-1-3-10(12)7-16(13)19;/h1-6,8,13,16H,7,9,19H2;1H. The fraction of sp³-hybridized carbons (Fsp3) is 0.250. The van der Waals surface area contributed by atoms with Gasteiger partial charge >= 0.3 is 0 Å². The molecule has 0 fully saturated rings. The smallest absolute Gasteiger partial charge is 0.120 e. The summed E-state index contributed by atoms with van der Waals surface area (Å²) in [7, 11) is 0. The lowest BCUT2D eigenvalue weighted by Gasteiger charge is -2.17. The van der Waals surface area contributed by atoms with Gasteiger partial charge in [0.05, 0.1) is 16.7 Å². The number of halogens is 3. The Hall–Kier alpha value is -0.930. The van der Waals surface area contributed by atoms with Gasteiger partial charge in [-0.3, -0.25) is 0 Å². The summed E-state index contributed by atoms with van der Waals surface area (Å²) in [5.74, 6) is 0.941. The minimum atomic E-state index is 0. The summed E-state index contributed by atoms with van der Waals surface area (Å²) in [6, 6.07) is 13.8. The molecule has 21 heavy (non-hydrogen) atoms. The molecule has 112 valence electrons. The van der Waals surface area contributed by atoms with E-state index in [1.54, 1.807) is 12.1 Å². The predicted octanol–water partition coefficient (Wildman–Crippen LogP) is 4.46. The number of hydrogen-bond donors (Lipinski definition) is 1. The lowest BCUT2D eigenvalue weighted by Crippen LogP contribution is -2.28. The Bertz CT molecular complexity index is 633. The fourth-order valence-electron chi connectivity index (χ4n) is 2.67. The molecular weight excluding hydrogens is 329 g/mol. The van der Waals surface area contributed by atoms with Crippen LogP contribution in [0.4, 0.5) is 0 Å². The van der Waals surface area contributed by atoms with Crippen molar-refractivity contribution in [2.45, 2.75) is 18.4 Å². The summed E-state index contributed by atoms with van der Waals surface area (Å²) in [5.41, 5.74) is 8.83. The van der Waals surface area contributed by atoms with Gasteiger partial charge in [-0.2, -0.15) is 0 Å². The largest absolute Gasteiger partial charge is 0.493 e. The molecule has 2 nitrogen and oxygen atoms in total. The fourth-order valence-corrected chi connectivity index (χ4v) is 2.96. The highest BCUT2D eigenvalue weighted by Gasteiger charge is 2.29. The Kier molecular flexibility index (Phi) is 5.39. The number of rotatable bonds is 3. The van der Waals surface area contributed by atoms with Crippen LogP contribution in [0.1, 0.15) is 17.0 Å². The molecule has 0 bridgehead atoms. The molecule has 2 aromatic carbocycles. The molecule has 1 aliphatic rings. The van der Waals surface area contributed by atoms with Gasteiger partial charge in [-0.1, -0.05) is 47.5 Å². The summed E-state index contributed by atoms with van der Waals surface area (Å²) < 4.78 is 5.83. The molecule has 2 N–H and O–H groups in total. The van der Waals surface area contributed by atoms with Gasteiger partial charge in [-0.05, 0) is 29.7 Å². The van der Waals surface area contributed by atoms with Crippen molar-refractivity contribution in [3.05, 3.63) is 63.6 Å². The maximum Gasteiger partial charge on any atom is 0.120 e. The summed E-state index contributed by atoms with van der Waals surface area (Å²) >= 11 is 11.9. The van der Waals surface area contributed by atoms with Gasteiger partial charge in [-0.15, -0.1) is 12.4 Å². The molecule has 3 rings (SSSR count). The Balaban J connectivity index is 0.00000161. The van der Waals surface area contributed by atoms with Crippen LogP contribution >= 0.6 is 35.6 Å². The average molecular weight is 345 g/mol. The number of nitrogens with two attached hydrogens (primary N) is 1. The van der Waals surface area contributed by atoms with Gasteiger partial charge in [0, 0.05) is 18.0 Å². The zero-order valence-electron chi connectivity index (χ0n) is 11.3. The number of hydrogen-bond acceptors (Lipinski definition) is 2. The van der Waals surface area contributed by atoms with Crippen LogP contribution in [0.5, 0.6) is 5.75 Å². The van der Waals surface area contributed by atoms with E-state index < -0.39 is 0 Å². The minimum Gasteiger partial charge on any atom is -0.493 e. The van der Waals surface area contributed by atoms with Gasteiger partial charge in [-0.25, -0.2) is 0 Å². The highest BCUT2D eigenvalue weighted by Crippen LogP contribution is 2.33. The highest BCUT2D eigenvalue weighted by atomic mass is 35.5. The van der Waals surface area contributed by atoms with Gasteiger partial charge in [0.1, 0.15) is 5.75 Å². The van der Waals surface area contributed by atoms with Crippen LogP contribution in [0, 0.1) is 0 Å². The molecule has 0 aromatic heterocycles. The van der Waals surface area contributed by atoms with Crippen molar-refractivity contribution < 1.29 is 4.74 Å². The van der Waals surface area contributed by atoms with Crippen molar-refractivity contribution in [3.63, 3.8) is 0 Å². The van der Waals surface area contributed by atoms with Gasteiger partial charge in [0.15, 0.2) is 0 Å². The SMILES string of the molecule is Cl.NC1Cc2ccccc2C1COc1ccc(Cl)c(Cl)c1. The number of ether oxygens (including phenoxy) is 1. The maximum atomic E-state index is 6.22. The molecule has 1 aliphatic carbocycles. The van der Waals surface area contributed by atoms with Gasteiger partial charge in [0.25, 0.3) is 0 Å². The Morgan fingerprint density at radius 2 is 1.86 bits per heavy atom. The lowest BCUT2D eigenvalue weighted by atomic mass is 10.00. The Morgan fingerprint density at radius 1 is 1.10 bits per heavy atom. The molecule has 2 unspecified atom stereocenters. The van der Waals surface area contributed by atoms with E-state index in [4.69, 9.17) is 33.7 Å². The second-order valence-electron chi connectivity index (χ2n) is 5.06. The Morgan fingerprint density at radius 3 is 2.62 bits per heavy atom. The van der Waals surface area contributed by atoms with Crippen LogP contribution in [-0.2, 0) is 6.42 Å². The van der Waals surface area contributed by atoms with E-state index in [1.807, 2.05) is 18.2 Å². The summed E-state index contributed by atoms with van der Waals surface area (Å²) in [6.07, 6.45) is 0.908. The molecule has 2 aromatic rings. The minimum absolute atomic E-state index is 0. The lowest BCUT2D eigenvalue weighted by molar-refractivity contribution is 0.277. The van der Waals surface area contributed by atoms with E-state index in [1.165, 1.54) is 11.1 Å². The molecule has 0 amide bonds. The van der Waals surface area contributed by atoms with Gasteiger partial charge in [0.2, 0.25) is 0 Å². The third-order valence-corrected chi connectivity index (χ3v) is 4.49. The zero-order valence-corrected chi connectivity index (χ0v) is 13.6. The first-order chi connectivity index (χ1) is 9.65. The molecule has 0 aliphatic heterocycles. The molecule has 5 heteroatoms. The van der Waals surface area contributed by atoms with E-state index in [9.17, 15) is 0 Å². The monoisotopic (exact) mass is 343 g/mol. The van der Waals surface area contributed by atoms with Crippen molar-refractivity contribution in [2.75, 3.05) is 6.61 Å². The normalized spacial score (nSPS) is 19.8. The molecular formula is C16H16Cl3NO. The summed E-state index contributed by atoms with van der Waals surface area (Å²) in [6.45, 7) is 0.552. The first kappa shape index (κ1) is 16.4. The highest BCUT2D eigenvalue weighted by molar-refractivity contribution is 6.42. The third-order valence-electron chi connectivity index (χ3n) is 3.75. The number of benzene rings is 2. The first-order valence-electron chi connectivity index (χ1n) is 6.56. The second kappa shape index (κ2) is 6.89. The molecule has 2 atom stereocenters. The molecule has 0 radical (unpaired) electrons. The first-order valence-corrected chi connectivity index (χ1v) is 7.32. The maximum absolute atomic E-state index is 6.22. The van der Waals surface area contributed by atoms with E-state index in [-0.39, 0.29) is 24.4 Å². The quantitative estimate of drug-likeness (QED) is 0.892. The molecule has 0 saturated carbocycles. The zero-order chi connectivity index (χ0) is 14.1. The van der Waals surface area contributed by atoms with Crippen molar-refractivity contribution in [2.24, 2.45) is 5.73 Å². The van der Waals surface area contributed by atoms with E-state index in [0.717, 1.165) is 12.2 Å². The van der Waals surface area contributed by atoms with Crippen LogP contribution in [0.15, 0.2) is 42.5 Å². The third kappa shape index (κ3) is 3.46. The molecule has 0 spiro atoms. The summed E-state index contributed by atoms with van der Waals surface area (Å²) in [5, 5.41) is 1.03. The van der Waals surface area contributed by atoms with Crippen LogP contribution in [0.25, 0.3) is 0 Å². The van der Waals surface area contributed by atoms with Crippen LogP contribution in [0.2, 0.25) is 10.0 Å².